The van der Waals surface area contributed by atoms with Gasteiger partial charge >= 0.3 is 5.69 Å². The van der Waals surface area contributed by atoms with Crippen molar-refractivity contribution >= 4 is 23.2 Å². The first-order valence-electron chi connectivity index (χ1n) is 5.42. The maximum atomic E-state index is 13.2. The molecule has 6 nitrogen and oxygen atoms in total. The van der Waals surface area contributed by atoms with Gasteiger partial charge < -0.3 is 9.84 Å². The third-order valence-electron chi connectivity index (χ3n) is 2.98. The molecule has 2 heterocycles. The largest absolute Gasteiger partial charge is 0.393 e. The van der Waals surface area contributed by atoms with Gasteiger partial charge in [0.05, 0.1) is 24.1 Å². The summed E-state index contributed by atoms with van der Waals surface area (Å²) in [6, 6.07) is 0. The average molecular weight is 313 g/mol. The zero-order chi connectivity index (χ0) is 14.2. The molecule has 106 valence electrons. The molecule has 3 atom stereocenters. The van der Waals surface area contributed by atoms with Crippen LogP contribution in [-0.4, -0.2) is 38.1 Å². The average Bonchev–Trinajstić information content (AvgIpc) is 2.72. The topological polar surface area (TPSA) is 84.3 Å². The Hall–Kier alpha value is -0.890. The van der Waals surface area contributed by atoms with Crippen LogP contribution >= 0.6 is 23.2 Å². The number of aromatic nitrogens is 2. The highest BCUT2D eigenvalue weighted by Gasteiger charge is 2.46. The second-order valence-corrected chi connectivity index (χ2v) is 5.17. The number of aliphatic hydroxyl groups excluding tert-OH is 1. The SMILES string of the molecule is O=c1[nH]c(=O)n(C2O[C@@](CO)(CCl)C[C@H]2Cl)cc1F. The number of halogens is 3. The van der Waals surface area contributed by atoms with Crippen LogP contribution in [0.25, 0.3) is 0 Å². The van der Waals surface area contributed by atoms with Crippen LogP contribution in [0.15, 0.2) is 15.8 Å². The van der Waals surface area contributed by atoms with Crippen LogP contribution in [0.2, 0.25) is 0 Å². The van der Waals surface area contributed by atoms with Crippen LogP contribution in [0.5, 0.6) is 0 Å². The Balaban J connectivity index is 2.41. The molecule has 19 heavy (non-hydrogen) atoms. The van der Waals surface area contributed by atoms with Gasteiger partial charge in [0.2, 0.25) is 5.82 Å². The Kier molecular flexibility index (Phi) is 4.00. The van der Waals surface area contributed by atoms with Gasteiger partial charge in [0, 0.05) is 6.42 Å². The summed E-state index contributed by atoms with van der Waals surface area (Å²) < 4.78 is 19.5. The fourth-order valence-corrected chi connectivity index (χ4v) is 2.66. The van der Waals surface area contributed by atoms with Crippen molar-refractivity contribution in [1.29, 1.82) is 0 Å². The number of hydrogen-bond donors (Lipinski definition) is 2. The molecule has 0 bridgehead atoms. The summed E-state index contributed by atoms with van der Waals surface area (Å²) in [6.07, 6.45) is -0.0820. The molecule has 2 N–H and O–H groups in total. The molecule has 0 aliphatic carbocycles. The zero-order valence-electron chi connectivity index (χ0n) is 9.61. The second-order valence-electron chi connectivity index (χ2n) is 4.35. The molecule has 0 aromatic carbocycles. The van der Waals surface area contributed by atoms with E-state index in [2.05, 4.69) is 0 Å². The standard InChI is InChI=1S/C10H11Cl2FN2O4/c11-3-10(4-16)1-5(12)8(19-10)15-2-6(13)7(17)14-9(15)18/h2,5,8,16H,1,3-4H2,(H,14,17,18)/t5-,8?,10-/m1/s1. The number of hydrogen-bond acceptors (Lipinski definition) is 4. The number of H-pyrrole nitrogens is 1. The normalized spacial score (nSPS) is 30.7. The van der Waals surface area contributed by atoms with E-state index >= 15 is 0 Å². The Morgan fingerprint density at radius 3 is 2.84 bits per heavy atom. The lowest BCUT2D eigenvalue weighted by atomic mass is 10.0. The molecule has 2 rings (SSSR count). The van der Waals surface area contributed by atoms with Gasteiger partial charge in [-0.1, -0.05) is 0 Å². The summed E-state index contributed by atoms with van der Waals surface area (Å²) in [5, 5.41) is 8.59. The van der Waals surface area contributed by atoms with Gasteiger partial charge in [-0.15, -0.1) is 23.2 Å². The van der Waals surface area contributed by atoms with Crippen molar-refractivity contribution in [3.8, 4) is 0 Å². The predicted octanol–water partition coefficient (Wildman–Crippen LogP) is 0.172. The highest BCUT2D eigenvalue weighted by molar-refractivity contribution is 6.21. The first-order valence-corrected chi connectivity index (χ1v) is 6.39. The summed E-state index contributed by atoms with van der Waals surface area (Å²) >= 11 is 11.8. The van der Waals surface area contributed by atoms with Gasteiger partial charge in [-0.25, -0.2) is 4.79 Å². The van der Waals surface area contributed by atoms with Crippen LogP contribution < -0.4 is 11.2 Å². The van der Waals surface area contributed by atoms with E-state index < -0.39 is 34.3 Å². The van der Waals surface area contributed by atoms with Crippen LogP contribution in [0.3, 0.4) is 0 Å². The second kappa shape index (κ2) is 5.24. The summed E-state index contributed by atoms with van der Waals surface area (Å²) in [6.45, 7) is -0.378. The Labute approximate surface area is 116 Å². The number of aromatic amines is 1. The molecule has 1 aliphatic rings. The Morgan fingerprint density at radius 1 is 1.63 bits per heavy atom. The predicted molar refractivity (Wildman–Crippen MR) is 66.2 cm³/mol. The maximum Gasteiger partial charge on any atom is 0.330 e. The minimum absolute atomic E-state index is 0.0240. The van der Waals surface area contributed by atoms with E-state index in [9.17, 15) is 19.1 Å². The van der Waals surface area contributed by atoms with Gasteiger partial charge in [0.1, 0.15) is 5.60 Å². The molecule has 1 aromatic heterocycles. The van der Waals surface area contributed by atoms with E-state index in [1.165, 1.54) is 0 Å². The number of nitrogens with zero attached hydrogens (tertiary/aromatic N) is 1. The first kappa shape index (κ1) is 14.5. The number of nitrogens with one attached hydrogen (secondary N) is 1. The van der Waals surface area contributed by atoms with E-state index in [0.29, 0.717) is 0 Å². The van der Waals surface area contributed by atoms with Crippen molar-refractivity contribution in [3.05, 3.63) is 32.9 Å². The first-order chi connectivity index (χ1) is 8.92. The van der Waals surface area contributed by atoms with Gasteiger partial charge in [0.25, 0.3) is 5.56 Å². The number of ether oxygens (including phenoxy) is 1. The molecular weight excluding hydrogens is 302 g/mol. The fraction of sp³-hybridized carbons (Fsp3) is 0.600. The molecule has 0 spiro atoms. The molecule has 1 aromatic rings. The van der Waals surface area contributed by atoms with E-state index in [-0.39, 0.29) is 18.9 Å². The molecule has 0 saturated carbocycles. The van der Waals surface area contributed by atoms with Gasteiger partial charge in [-0.2, -0.15) is 4.39 Å². The summed E-state index contributed by atoms with van der Waals surface area (Å²) in [4.78, 5) is 24.4. The quantitative estimate of drug-likeness (QED) is 0.779. The monoisotopic (exact) mass is 312 g/mol. The minimum atomic E-state index is -1.13. The molecule has 0 amide bonds. The number of alkyl halides is 2. The number of rotatable bonds is 3. The van der Waals surface area contributed by atoms with Gasteiger partial charge in [0.15, 0.2) is 6.23 Å². The highest BCUT2D eigenvalue weighted by atomic mass is 35.5. The van der Waals surface area contributed by atoms with Crippen LogP contribution in [0, 0.1) is 5.82 Å². The van der Waals surface area contributed by atoms with Crippen LogP contribution in [0.4, 0.5) is 4.39 Å². The van der Waals surface area contributed by atoms with E-state index in [0.717, 1.165) is 10.8 Å². The summed E-state index contributed by atoms with van der Waals surface area (Å²) in [5.41, 5.74) is -3.04. The lowest BCUT2D eigenvalue weighted by Crippen LogP contribution is -2.38. The molecule has 1 aliphatic heterocycles. The van der Waals surface area contributed by atoms with Crippen LogP contribution in [-0.2, 0) is 4.74 Å². The van der Waals surface area contributed by atoms with Gasteiger partial charge in [-0.3, -0.25) is 14.3 Å². The van der Waals surface area contributed by atoms with Crippen molar-refractivity contribution in [1.82, 2.24) is 9.55 Å². The third kappa shape index (κ3) is 2.55. The lowest BCUT2D eigenvalue weighted by molar-refractivity contribution is -0.0858. The van der Waals surface area contributed by atoms with E-state index in [1.54, 1.807) is 0 Å². The summed E-state index contributed by atoms with van der Waals surface area (Å²) in [7, 11) is 0. The van der Waals surface area contributed by atoms with Crippen molar-refractivity contribution in [2.75, 3.05) is 12.5 Å². The molecule has 1 fully saturated rings. The van der Waals surface area contributed by atoms with E-state index in [4.69, 9.17) is 27.9 Å². The van der Waals surface area contributed by atoms with Crippen molar-refractivity contribution in [2.45, 2.75) is 23.6 Å². The molecule has 0 radical (unpaired) electrons. The molecular formula is C10H11Cl2FN2O4. The smallest absolute Gasteiger partial charge is 0.330 e. The van der Waals surface area contributed by atoms with Gasteiger partial charge in [-0.05, 0) is 0 Å². The maximum absolute atomic E-state index is 13.2. The fourth-order valence-electron chi connectivity index (χ4n) is 1.95. The van der Waals surface area contributed by atoms with Crippen molar-refractivity contribution in [2.24, 2.45) is 0 Å². The van der Waals surface area contributed by atoms with E-state index in [1.807, 2.05) is 4.98 Å². The zero-order valence-corrected chi connectivity index (χ0v) is 11.1. The van der Waals surface area contributed by atoms with Crippen molar-refractivity contribution < 1.29 is 14.2 Å². The lowest BCUT2D eigenvalue weighted by Gasteiger charge is -2.24. The molecule has 1 unspecified atom stereocenters. The highest BCUT2D eigenvalue weighted by Crippen LogP contribution is 2.39. The third-order valence-corrected chi connectivity index (χ3v) is 3.83. The molecule has 1 saturated heterocycles. The molecule has 9 heteroatoms. The Morgan fingerprint density at radius 2 is 2.32 bits per heavy atom. The minimum Gasteiger partial charge on any atom is -0.393 e. The van der Waals surface area contributed by atoms with Crippen molar-refractivity contribution in [3.63, 3.8) is 0 Å². The Bertz CT molecular complexity index is 584. The number of aliphatic hydroxyl groups is 1. The van der Waals surface area contributed by atoms with Crippen LogP contribution in [0.1, 0.15) is 12.6 Å². The summed E-state index contributed by atoms with van der Waals surface area (Å²) in [5.74, 6) is -1.15.